The molecule has 2 aliphatic rings. The number of aromatic carboxylic acids is 1. The molecule has 0 saturated heterocycles. The molecule has 2 aromatic carbocycles. The van der Waals surface area contributed by atoms with Crippen LogP contribution in [0.15, 0.2) is 171 Å². The number of hydrogen-bond acceptors (Lipinski definition) is 26. The van der Waals surface area contributed by atoms with Crippen molar-refractivity contribution < 1.29 is 42.2 Å². The summed E-state index contributed by atoms with van der Waals surface area (Å²) in [6.45, 7) is 11.0. The van der Waals surface area contributed by atoms with E-state index in [1.807, 2.05) is 58.0 Å². The van der Waals surface area contributed by atoms with Gasteiger partial charge in [-0.1, -0.05) is 69.1 Å². The molecule has 0 spiro atoms. The standard InChI is InChI=1S/C61H62Cl2F2N18O4S2.C21H20F2N4O/c1-58(2,50-38(62)10-7-19-68-50)30-74-45-17-14-42(79-82-45)54-71-27-36(88-54)28-73-57(87)60(5,77-49(53(66)84)44-29-72-55(89-44)43-15-18-46(83-80-43)75-31-59(3,4)51-39(63)11-8-20-69-51)24-34-22-33(23-37(56(85)86)48(34)67-6)41-13-16-47(81-78-41)76-32-61(25-35(64)26-61)52-40(65)12-9-21-70-52;22-16-10-21(11-16,20-17(23)5-2-8-24-20)13-25-19-7-6-18(26-27-19)15-4-1-3-14(9-15)12-28/h7-23,27,29,35,49,67,77H,24-26,28,30-32H2,1-6H3,(H2,66,84)(H,73,87)(H,74,82)(H,75,83)(H,76,81)(H,85,86);1-9,16,28H,10-13H2,(H,25,27). The van der Waals surface area contributed by atoms with Gasteiger partial charge in [0.1, 0.15) is 74.7 Å². The molecule has 35 heteroatoms. The van der Waals surface area contributed by atoms with E-state index in [-0.39, 0.29) is 74.4 Å². The summed E-state index contributed by atoms with van der Waals surface area (Å²) in [5, 5.41) is 79.0. The topological polar surface area (TPSA) is 382 Å². The van der Waals surface area contributed by atoms with Gasteiger partial charge in [-0.25, -0.2) is 32.3 Å². The van der Waals surface area contributed by atoms with E-state index in [0.717, 1.165) is 33.9 Å². The van der Waals surface area contributed by atoms with Gasteiger partial charge >= 0.3 is 5.97 Å². The first-order valence-corrected chi connectivity index (χ1v) is 39.6. The van der Waals surface area contributed by atoms with Crippen LogP contribution in [0.5, 0.6) is 0 Å². The minimum atomic E-state index is -1.74. The Bertz CT molecular complexity index is 5520. The fourth-order valence-electron chi connectivity index (χ4n) is 14.2. The first kappa shape index (κ1) is 83.2. The van der Waals surface area contributed by atoms with Crippen molar-refractivity contribution in [3.8, 4) is 43.9 Å². The van der Waals surface area contributed by atoms with Crippen molar-refractivity contribution in [1.82, 2.24) is 81.3 Å². The number of aromatic nitrogens is 14. The van der Waals surface area contributed by atoms with E-state index in [0.29, 0.717) is 107 Å². The number of benzene rings is 2. The van der Waals surface area contributed by atoms with Gasteiger partial charge in [0.25, 0.3) is 0 Å². The molecule has 27 nitrogen and oxygen atoms in total. The Morgan fingerprint density at radius 3 is 1.51 bits per heavy atom. The van der Waals surface area contributed by atoms with Crippen LogP contribution >= 0.6 is 45.9 Å². The zero-order valence-corrected chi connectivity index (χ0v) is 67.4. The van der Waals surface area contributed by atoms with Crippen LogP contribution in [0.25, 0.3) is 43.9 Å². The van der Waals surface area contributed by atoms with Crippen LogP contribution < -0.4 is 43.0 Å². The molecular formula is C82H82Cl2F4N22O5S2. The fraction of sp³-hybridized carbons (Fsp3) is 0.305. The Morgan fingerprint density at radius 1 is 0.573 bits per heavy atom. The van der Waals surface area contributed by atoms with Gasteiger partial charge < -0.3 is 47.8 Å². The highest BCUT2D eigenvalue weighted by Gasteiger charge is 2.50. The summed E-state index contributed by atoms with van der Waals surface area (Å²) in [4.78, 5) is 69.5. The predicted molar refractivity (Wildman–Crippen MR) is 441 cm³/mol. The molecule has 14 rings (SSSR count). The maximum atomic E-state index is 15.1. The van der Waals surface area contributed by atoms with Crippen LogP contribution in [0, 0.1) is 11.6 Å². The number of hydrogen-bond donors (Lipinski definition) is 10. The summed E-state index contributed by atoms with van der Waals surface area (Å²) in [6.07, 6.45) is 7.78. The molecular weight excluding hydrogens is 1580 g/mol. The van der Waals surface area contributed by atoms with Crippen LogP contribution in [0.2, 0.25) is 10.0 Å². The van der Waals surface area contributed by atoms with Gasteiger partial charge in [-0.05, 0) is 159 Å². The minimum Gasteiger partial charge on any atom is -0.478 e. The Kier molecular flexibility index (Phi) is 25.4. The third kappa shape index (κ3) is 19.4. The highest BCUT2D eigenvalue weighted by atomic mass is 35.5. The molecule has 2 unspecified atom stereocenters. The molecule has 117 heavy (non-hydrogen) atoms. The number of carbonyl (C=O) groups is 3. The third-order valence-electron chi connectivity index (χ3n) is 20.5. The largest absolute Gasteiger partial charge is 0.478 e. The molecule has 0 aliphatic heterocycles. The number of primary amides is 1. The molecule has 0 radical (unpaired) electrons. The van der Waals surface area contributed by atoms with Gasteiger partial charge in [0.05, 0.1) is 79.0 Å². The smallest absolute Gasteiger partial charge is 0.337 e. The van der Waals surface area contributed by atoms with E-state index < -0.39 is 75.0 Å². The lowest BCUT2D eigenvalue weighted by molar-refractivity contribution is -0.128. The molecule has 2 saturated carbocycles. The predicted octanol–water partition coefficient (Wildman–Crippen LogP) is 13.7. The van der Waals surface area contributed by atoms with Gasteiger partial charge in [0, 0.05) is 114 Å². The molecule has 11 N–H and O–H groups in total. The van der Waals surface area contributed by atoms with Crippen molar-refractivity contribution in [2.75, 3.05) is 59.8 Å². The van der Waals surface area contributed by atoms with Gasteiger partial charge in [-0.2, -0.15) is 0 Å². The lowest BCUT2D eigenvalue weighted by atomic mass is 9.65. The van der Waals surface area contributed by atoms with Gasteiger partial charge in [-0.15, -0.1) is 63.5 Å². The number of aliphatic hydroxyl groups is 1. The molecule has 2 fully saturated rings. The van der Waals surface area contributed by atoms with Gasteiger partial charge in [-0.3, -0.25) is 34.8 Å². The number of nitrogens with one attached hydrogen (secondary N) is 7. The summed E-state index contributed by atoms with van der Waals surface area (Å²) in [5.74, 6) is -1.82. The van der Waals surface area contributed by atoms with Crippen LogP contribution in [0.3, 0.4) is 0 Å². The lowest BCUT2D eigenvalue weighted by Gasteiger charge is -2.44. The highest BCUT2D eigenvalue weighted by molar-refractivity contribution is 7.15. The first-order chi connectivity index (χ1) is 56.1. The summed E-state index contributed by atoms with van der Waals surface area (Å²) >= 11 is 15.3. The number of anilines is 5. The number of amides is 2. The van der Waals surface area contributed by atoms with E-state index >= 15 is 4.79 Å². The Morgan fingerprint density at radius 2 is 1.05 bits per heavy atom. The maximum Gasteiger partial charge on any atom is 0.337 e. The van der Waals surface area contributed by atoms with Crippen molar-refractivity contribution in [2.45, 2.75) is 125 Å². The summed E-state index contributed by atoms with van der Waals surface area (Å²) < 4.78 is 57.2. The number of rotatable bonds is 32. The van der Waals surface area contributed by atoms with E-state index in [2.05, 4.69) is 108 Å². The average molecular weight is 1670 g/mol. The van der Waals surface area contributed by atoms with E-state index in [9.17, 15) is 37.4 Å². The zero-order chi connectivity index (χ0) is 82.8. The summed E-state index contributed by atoms with van der Waals surface area (Å²) in [6, 6.07) is 35.9. The summed E-state index contributed by atoms with van der Waals surface area (Å²) in [7, 11) is 1.55. The number of halogens is 6. The van der Waals surface area contributed by atoms with Gasteiger partial charge in [0.15, 0.2) is 0 Å². The molecule has 10 heterocycles. The van der Waals surface area contributed by atoms with E-state index in [4.69, 9.17) is 28.9 Å². The SMILES string of the molecule is CNc1c(CC(C)(NC(C(N)=O)c2cnc(-c3ccc(NCC(C)(C)c4ncccc4Cl)nn3)s2)C(=O)NCc2cnc(-c3ccc(NCC(C)(C)c4ncccc4Cl)nn3)s2)cc(-c2ccc(NCC3(c4ncccc4F)CC(F)C3)nn2)cc1C(=O)O.OCc1cccc(-c2ccc(NCC3(c4ncccc4F)CC(F)C3)nn2)c1. The van der Waals surface area contributed by atoms with Crippen LogP contribution in [0.4, 0.5) is 46.5 Å². The summed E-state index contributed by atoms with van der Waals surface area (Å²) in [5.41, 5.74) is 8.11. The second kappa shape index (κ2) is 35.8. The number of carboxylic acid groups (broad SMARTS) is 1. The number of aliphatic hydroxyl groups excluding tert-OH is 1. The molecule has 604 valence electrons. The monoisotopic (exact) mass is 1660 g/mol. The zero-order valence-electron chi connectivity index (χ0n) is 64.2. The first-order valence-electron chi connectivity index (χ1n) is 37.2. The number of thiazole rings is 2. The lowest BCUT2D eigenvalue weighted by Crippen LogP contribution is -2.58. The molecule has 2 atom stereocenters. The van der Waals surface area contributed by atoms with Crippen molar-refractivity contribution >= 4 is 92.6 Å². The molecule has 0 bridgehead atoms. The van der Waals surface area contributed by atoms with E-state index in [1.54, 1.807) is 105 Å². The number of nitrogens with zero attached hydrogens (tertiary/aromatic N) is 14. The van der Waals surface area contributed by atoms with Crippen molar-refractivity contribution in [3.05, 3.63) is 242 Å². The number of alkyl halides is 2. The van der Waals surface area contributed by atoms with Crippen molar-refractivity contribution in [2.24, 2.45) is 5.73 Å². The van der Waals surface area contributed by atoms with Gasteiger partial charge in [0.2, 0.25) is 11.8 Å². The van der Waals surface area contributed by atoms with Crippen LogP contribution in [0.1, 0.15) is 120 Å². The second-order valence-corrected chi connectivity index (χ2v) is 33.1. The number of carboxylic acids is 1. The van der Waals surface area contributed by atoms with Crippen LogP contribution in [-0.2, 0) is 50.8 Å². The van der Waals surface area contributed by atoms with Crippen molar-refractivity contribution in [3.63, 3.8) is 0 Å². The van der Waals surface area contributed by atoms with Crippen molar-refractivity contribution in [1.29, 1.82) is 0 Å². The number of carbonyl (C=O) groups excluding carboxylic acids is 2. The Hall–Kier alpha value is -11.8. The normalized spacial score (nSPS) is 17.2. The molecule has 2 aliphatic carbocycles. The molecule has 2 amide bonds. The Balaban J connectivity index is 0.000000355. The number of nitrogens with two attached hydrogens (primary N) is 1. The maximum absolute atomic E-state index is 15.1. The molecule has 10 aromatic heterocycles. The quantitative estimate of drug-likeness (QED) is 0.0175. The Labute approximate surface area is 688 Å². The minimum absolute atomic E-state index is 0.0165. The average Bonchev–Trinajstić information content (AvgIpc) is 0.903. The second-order valence-electron chi connectivity index (χ2n) is 30.1. The number of pyridine rings is 4. The van der Waals surface area contributed by atoms with Crippen LogP contribution in [-0.4, -0.2) is 150 Å². The fourth-order valence-corrected chi connectivity index (χ4v) is 16.7. The van der Waals surface area contributed by atoms with E-state index in [1.165, 1.54) is 60.3 Å². The third-order valence-corrected chi connectivity index (χ3v) is 23.2. The highest BCUT2D eigenvalue weighted by Crippen LogP contribution is 2.48. The molecule has 12 aromatic rings.